The standard InChI is InChI=1S/C23H18N2O4S/c1-25(17-8-3-2-4-9-17)22(26)18-10-5-6-11-19(18)23(27)28-15-16-14-20(29-24-16)21-12-7-13-30-21/h2-14H,15H2,1H3. The van der Waals surface area contributed by atoms with E-state index >= 15 is 0 Å². The maximum atomic E-state index is 13.0. The van der Waals surface area contributed by atoms with Gasteiger partial charge in [-0.15, -0.1) is 11.3 Å². The van der Waals surface area contributed by atoms with Gasteiger partial charge in [0.1, 0.15) is 12.3 Å². The lowest BCUT2D eigenvalue weighted by atomic mass is 10.1. The number of ether oxygens (including phenoxy) is 1. The lowest BCUT2D eigenvalue weighted by Gasteiger charge is -2.18. The highest BCUT2D eigenvalue weighted by Crippen LogP contribution is 2.25. The van der Waals surface area contributed by atoms with Crippen molar-refractivity contribution >= 4 is 28.9 Å². The quantitative estimate of drug-likeness (QED) is 0.410. The number of hydrogen-bond acceptors (Lipinski definition) is 6. The number of hydrogen-bond donors (Lipinski definition) is 0. The molecule has 0 N–H and O–H groups in total. The van der Waals surface area contributed by atoms with Gasteiger partial charge in [0, 0.05) is 18.8 Å². The van der Waals surface area contributed by atoms with Gasteiger partial charge >= 0.3 is 5.97 Å². The summed E-state index contributed by atoms with van der Waals surface area (Å²) in [6, 6.07) is 21.4. The molecule has 4 aromatic rings. The minimum atomic E-state index is -0.596. The van der Waals surface area contributed by atoms with Gasteiger partial charge < -0.3 is 14.2 Å². The molecule has 2 heterocycles. The minimum Gasteiger partial charge on any atom is -0.455 e. The number of nitrogens with zero attached hydrogens (tertiary/aromatic N) is 2. The molecule has 0 saturated heterocycles. The first-order valence-electron chi connectivity index (χ1n) is 9.22. The number of para-hydroxylation sites is 1. The minimum absolute atomic E-state index is 0.0508. The smallest absolute Gasteiger partial charge is 0.339 e. The van der Waals surface area contributed by atoms with Crippen molar-refractivity contribution in [3.63, 3.8) is 0 Å². The normalized spacial score (nSPS) is 10.6. The first kappa shape index (κ1) is 19.6. The summed E-state index contributed by atoms with van der Waals surface area (Å²) in [5.74, 6) is -0.271. The van der Waals surface area contributed by atoms with E-state index in [4.69, 9.17) is 9.26 Å². The number of amides is 1. The SMILES string of the molecule is CN(C(=O)c1ccccc1C(=O)OCc1cc(-c2cccs2)on1)c1ccccc1. The van der Waals surface area contributed by atoms with Crippen LogP contribution in [0.15, 0.2) is 82.7 Å². The summed E-state index contributed by atoms with van der Waals surface area (Å²) in [5.41, 5.74) is 1.70. The predicted octanol–water partition coefficient (Wildman–Crippen LogP) is 5.04. The van der Waals surface area contributed by atoms with Crippen LogP contribution in [0.3, 0.4) is 0 Å². The highest BCUT2D eigenvalue weighted by Gasteiger charge is 2.22. The lowest BCUT2D eigenvalue weighted by Crippen LogP contribution is -2.28. The Kier molecular flexibility index (Phi) is 5.72. The van der Waals surface area contributed by atoms with Gasteiger partial charge in [-0.3, -0.25) is 4.79 Å². The molecular weight excluding hydrogens is 400 g/mol. The summed E-state index contributed by atoms with van der Waals surface area (Å²) >= 11 is 1.53. The molecule has 0 fully saturated rings. The van der Waals surface area contributed by atoms with Crippen LogP contribution in [-0.2, 0) is 11.3 Å². The van der Waals surface area contributed by atoms with E-state index in [-0.39, 0.29) is 23.6 Å². The number of esters is 1. The molecule has 4 rings (SSSR count). The van der Waals surface area contributed by atoms with E-state index in [0.717, 1.165) is 10.6 Å². The Balaban J connectivity index is 1.48. The molecule has 6 nitrogen and oxygen atoms in total. The fourth-order valence-electron chi connectivity index (χ4n) is 2.93. The second-order valence-electron chi connectivity index (χ2n) is 6.48. The second kappa shape index (κ2) is 8.75. The molecule has 0 bridgehead atoms. The second-order valence-corrected chi connectivity index (χ2v) is 7.43. The highest BCUT2D eigenvalue weighted by atomic mass is 32.1. The molecule has 0 atom stereocenters. The molecule has 2 aromatic carbocycles. The van der Waals surface area contributed by atoms with Crippen LogP contribution in [-0.4, -0.2) is 24.1 Å². The lowest BCUT2D eigenvalue weighted by molar-refractivity contribution is 0.0461. The van der Waals surface area contributed by atoms with Crippen molar-refractivity contribution in [2.24, 2.45) is 0 Å². The largest absolute Gasteiger partial charge is 0.455 e. The molecule has 1 amide bonds. The first-order valence-corrected chi connectivity index (χ1v) is 10.1. The van der Waals surface area contributed by atoms with Crippen molar-refractivity contribution in [1.29, 1.82) is 0 Å². The van der Waals surface area contributed by atoms with E-state index in [1.54, 1.807) is 37.4 Å². The Morgan fingerprint density at radius 2 is 1.73 bits per heavy atom. The third-order valence-corrected chi connectivity index (χ3v) is 5.38. The van der Waals surface area contributed by atoms with Crippen molar-refractivity contribution in [2.45, 2.75) is 6.61 Å². The molecule has 0 aliphatic carbocycles. The van der Waals surface area contributed by atoms with E-state index in [1.807, 2.05) is 47.8 Å². The molecule has 0 saturated carbocycles. The molecular formula is C23H18N2O4S. The van der Waals surface area contributed by atoms with Crippen LogP contribution in [0.25, 0.3) is 10.6 Å². The van der Waals surface area contributed by atoms with Gasteiger partial charge in [-0.25, -0.2) is 4.79 Å². The number of carbonyl (C=O) groups is 2. The topological polar surface area (TPSA) is 72.6 Å². The van der Waals surface area contributed by atoms with Crippen LogP contribution in [0, 0.1) is 0 Å². The Morgan fingerprint density at radius 1 is 1.00 bits per heavy atom. The van der Waals surface area contributed by atoms with Crippen molar-refractivity contribution in [3.8, 4) is 10.6 Å². The maximum Gasteiger partial charge on any atom is 0.339 e. The summed E-state index contributed by atoms with van der Waals surface area (Å²) in [6.45, 7) is -0.0508. The third kappa shape index (κ3) is 4.16. The zero-order chi connectivity index (χ0) is 20.9. The average molecular weight is 418 g/mol. The van der Waals surface area contributed by atoms with E-state index in [0.29, 0.717) is 11.5 Å². The van der Waals surface area contributed by atoms with Crippen molar-refractivity contribution in [1.82, 2.24) is 5.16 Å². The number of benzene rings is 2. The molecule has 0 radical (unpaired) electrons. The fourth-order valence-corrected chi connectivity index (χ4v) is 3.60. The highest BCUT2D eigenvalue weighted by molar-refractivity contribution is 7.13. The summed E-state index contributed by atoms with van der Waals surface area (Å²) < 4.78 is 10.7. The van der Waals surface area contributed by atoms with Gasteiger partial charge in [-0.2, -0.15) is 0 Å². The predicted molar refractivity (Wildman–Crippen MR) is 115 cm³/mol. The van der Waals surface area contributed by atoms with Crippen LogP contribution < -0.4 is 4.90 Å². The molecule has 30 heavy (non-hydrogen) atoms. The average Bonchev–Trinajstić information content (AvgIpc) is 3.49. The van der Waals surface area contributed by atoms with Gasteiger partial charge in [0.05, 0.1) is 16.0 Å². The molecule has 7 heteroatoms. The monoisotopic (exact) mass is 418 g/mol. The molecule has 0 aliphatic heterocycles. The number of thiophene rings is 1. The zero-order valence-electron chi connectivity index (χ0n) is 16.1. The van der Waals surface area contributed by atoms with Crippen LogP contribution >= 0.6 is 11.3 Å². The van der Waals surface area contributed by atoms with E-state index in [9.17, 15) is 9.59 Å². The first-order chi connectivity index (χ1) is 14.6. The molecule has 0 spiro atoms. The number of rotatable bonds is 6. The maximum absolute atomic E-state index is 13.0. The van der Waals surface area contributed by atoms with Crippen molar-refractivity contribution in [2.75, 3.05) is 11.9 Å². The Labute approximate surface area is 177 Å². The van der Waals surface area contributed by atoms with Crippen molar-refractivity contribution < 1.29 is 18.8 Å². The summed E-state index contributed by atoms with van der Waals surface area (Å²) in [7, 11) is 1.67. The van der Waals surface area contributed by atoms with Crippen LogP contribution in [0.5, 0.6) is 0 Å². The van der Waals surface area contributed by atoms with Crippen molar-refractivity contribution in [3.05, 3.63) is 95.0 Å². The van der Waals surface area contributed by atoms with Crippen LogP contribution in [0.1, 0.15) is 26.4 Å². The summed E-state index contributed by atoms with van der Waals surface area (Å²) in [5, 5.41) is 5.88. The van der Waals surface area contributed by atoms with Gasteiger partial charge in [-0.05, 0) is 35.7 Å². The number of carbonyl (C=O) groups excluding carboxylic acids is 2. The van der Waals surface area contributed by atoms with Crippen LogP contribution in [0.4, 0.5) is 5.69 Å². The molecule has 0 aliphatic rings. The van der Waals surface area contributed by atoms with E-state index in [2.05, 4.69) is 5.16 Å². The van der Waals surface area contributed by atoms with Gasteiger partial charge in [-0.1, -0.05) is 41.6 Å². The van der Waals surface area contributed by atoms with Gasteiger partial charge in [0.15, 0.2) is 5.76 Å². The zero-order valence-corrected chi connectivity index (χ0v) is 17.0. The molecule has 0 unspecified atom stereocenters. The number of anilines is 1. The van der Waals surface area contributed by atoms with E-state index in [1.165, 1.54) is 16.2 Å². The molecule has 150 valence electrons. The Hall–Kier alpha value is -3.71. The Bertz CT molecular complexity index is 1150. The fraction of sp³-hybridized carbons (Fsp3) is 0.0870. The third-order valence-electron chi connectivity index (χ3n) is 4.50. The summed E-state index contributed by atoms with van der Waals surface area (Å²) in [4.78, 5) is 28.1. The number of aromatic nitrogens is 1. The molecule has 2 aromatic heterocycles. The summed E-state index contributed by atoms with van der Waals surface area (Å²) in [6.07, 6.45) is 0. The van der Waals surface area contributed by atoms with Gasteiger partial charge in [0.25, 0.3) is 5.91 Å². The van der Waals surface area contributed by atoms with Crippen LogP contribution in [0.2, 0.25) is 0 Å². The van der Waals surface area contributed by atoms with Gasteiger partial charge in [0.2, 0.25) is 0 Å². The van der Waals surface area contributed by atoms with E-state index < -0.39 is 5.97 Å². The Morgan fingerprint density at radius 3 is 2.47 bits per heavy atom.